The maximum atomic E-state index is 13.0. The Labute approximate surface area is 136 Å². The number of aliphatic carboxylic acids is 1. The molecule has 2 aliphatic heterocycles. The van der Waals surface area contributed by atoms with E-state index < -0.39 is 17.7 Å². The summed E-state index contributed by atoms with van der Waals surface area (Å²) in [6.07, 6.45) is 5.34. The second-order valence-corrected chi connectivity index (χ2v) is 7.50. The van der Waals surface area contributed by atoms with Crippen LogP contribution in [0.5, 0.6) is 0 Å². The highest BCUT2D eigenvalue weighted by Gasteiger charge is 2.52. The first-order valence-corrected chi connectivity index (χ1v) is 8.89. The lowest BCUT2D eigenvalue weighted by Gasteiger charge is -2.48. The van der Waals surface area contributed by atoms with Crippen molar-refractivity contribution >= 4 is 11.9 Å². The maximum absolute atomic E-state index is 13.0. The number of amides is 1. The van der Waals surface area contributed by atoms with Crippen LogP contribution in [0.1, 0.15) is 38.5 Å². The Morgan fingerprint density at radius 1 is 0.913 bits per heavy atom. The smallest absolute Gasteiger partial charge is 0.307 e. The highest BCUT2D eigenvalue weighted by Crippen LogP contribution is 2.50. The maximum Gasteiger partial charge on any atom is 0.307 e. The number of hydrogen-bond donors (Lipinski definition) is 1. The number of fused-ring (bicyclic) bond motifs is 3. The molecule has 5 rings (SSSR count). The number of hydrogen-bond acceptors (Lipinski definition) is 4. The van der Waals surface area contributed by atoms with Gasteiger partial charge in [-0.15, -0.1) is 0 Å². The van der Waals surface area contributed by atoms with Crippen molar-refractivity contribution < 1.29 is 24.2 Å². The zero-order valence-corrected chi connectivity index (χ0v) is 13.4. The molecule has 0 aromatic heterocycles. The number of carbonyl (C=O) groups excluding carboxylic acids is 1. The van der Waals surface area contributed by atoms with E-state index in [4.69, 9.17) is 9.47 Å². The predicted molar refractivity (Wildman–Crippen MR) is 80.5 cm³/mol. The van der Waals surface area contributed by atoms with Crippen LogP contribution in [-0.4, -0.2) is 54.0 Å². The molecule has 5 aliphatic rings. The Bertz CT molecular complexity index is 483. The van der Waals surface area contributed by atoms with E-state index in [1.807, 2.05) is 4.90 Å². The van der Waals surface area contributed by atoms with E-state index in [-0.39, 0.29) is 23.7 Å². The summed E-state index contributed by atoms with van der Waals surface area (Å²) in [5.41, 5.74) is 0. The van der Waals surface area contributed by atoms with E-state index in [2.05, 4.69) is 0 Å². The van der Waals surface area contributed by atoms with Crippen molar-refractivity contribution in [3.8, 4) is 0 Å². The predicted octanol–water partition coefficient (Wildman–Crippen LogP) is 1.49. The SMILES string of the molecule is O=C(O)[C@H]1C2CCC(CC2)[C@@H]1C(=O)N1CCC2(CC1)OCCO2. The number of carboxylic acid groups (broad SMARTS) is 1. The Morgan fingerprint density at radius 2 is 1.43 bits per heavy atom. The Balaban J connectivity index is 1.47. The van der Waals surface area contributed by atoms with Crippen LogP contribution in [0.3, 0.4) is 0 Å². The summed E-state index contributed by atoms with van der Waals surface area (Å²) in [6, 6.07) is 0. The molecule has 5 fully saturated rings. The van der Waals surface area contributed by atoms with E-state index in [1.165, 1.54) is 0 Å². The molecule has 1 spiro atoms. The average molecular weight is 323 g/mol. The van der Waals surface area contributed by atoms with Gasteiger partial charge < -0.3 is 19.5 Å². The number of carboxylic acids is 1. The van der Waals surface area contributed by atoms with Crippen molar-refractivity contribution in [2.24, 2.45) is 23.7 Å². The summed E-state index contributed by atoms with van der Waals surface area (Å²) >= 11 is 0. The fourth-order valence-electron chi connectivity index (χ4n) is 5.22. The molecule has 6 nitrogen and oxygen atoms in total. The minimum absolute atomic E-state index is 0.0552. The normalized spacial score (nSPS) is 38.9. The third-order valence-electron chi connectivity index (χ3n) is 6.44. The summed E-state index contributed by atoms with van der Waals surface area (Å²) in [5, 5.41) is 9.63. The molecule has 0 unspecified atom stereocenters. The number of carbonyl (C=O) groups is 2. The highest BCUT2D eigenvalue weighted by molar-refractivity contribution is 5.85. The minimum atomic E-state index is -0.784. The van der Waals surface area contributed by atoms with Crippen molar-refractivity contribution in [1.82, 2.24) is 4.90 Å². The molecule has 2 bridgehead atoms. The average Bonchev–Trinajstić information content (AvgIpc) is 3.03. The van der Waals surface area contributed by atoms with E-state index >= 15 is 0 Å². The van der Waals surface area contributed by atoms with Crippen LogP contribution in [0.15, 0.2) is 0 Å². The van der Waals surface area contributed by atoms with Crippen molar-refractivity contribution in [2.45, 2.75) is 44.3 Å². The molecule has 3 aliphatic carbocycles. The molecule has 1 N–H and O–H groups in total. The van der Waals surface area contributed by atoms with Crippen LogP contribution in [0.2, 0.25) is 0 Å². The van der Waals surface area contributed by atoms with Crippen LogP contribution < -0.4 is 0 Å². The fourth-order valence-corrected chi connectivity index (χ4v) is 5.22. The molecule has 0 aromatic rings. The first-order valence-electron chi connectivity index (χ1n) is 8.89. The zero-order valence-electron chi connectivity index (χ0n) is 13.4. The number of likely N-dealkylation sites (tertiary alicyclic amines) is 1. The van der Waals surface area contributed by atoms with Gasteiger partial charge in [-0.1, -0.05) is 0 Å². The van der Waals surface area contributed by atoms with Crippen molar-refractivity contribution in [3.05, 3.63) is 0 Å². The third kappa shape index (κ3) is 2.56. The monoisotopic (exact) mass is 323 g/mol. The van der Waals surface area contributed by atoms with Gasteiger partial charge in [-0.25, -0.2) is 0 Å². The number of ether oxygens (including phenoxy) is 2. The van der Waals surface area contributed by atoms with Crippen LogP contribution >= 0.6 is 0 Å². The van der Waals surface area contributed by atoms with Crippen LogP contribution in [0.25, 0.3) is 0 Å². The lowest BCUT2D eigenvalue weighted by molar-refractivity contribution is -0.191. The highest BCUT2D eigenvalue weighted by atomic mass is 16.7. The van der Waals surface area contributed by atoms with E-state index in [1.54, 1.807) is 0 Å². The summed E-state index contributed by atoms with van der Waals surface area (Å²) in [4.78, 5) is 26.6. The number of rotatable bonds is 2. The van der Waals surface area contributed by atoms with Gasteiger partial charge in [-0.3, -0.25) is 9.59 Å². The zero-order chi connectivity index (χ0) is 16.0. The van der Waals surface area contributed by atoms with E-state index in [0.29, 0.717) is 39.1 Å². The molecule has 128 valence electrons. The first-order chi connectivity index (χ1) is 11.1. The first kappa shape index (κ1) is 15.4. The topological polar surface area (TPSA) is 76.1 Å². The largest absolute Gasteiger partial charge is 0.481 e. The summed E-state index contributed by atoms with van der Waals surface area (Å²) in [5.74, 6) is -1.58. The summed E-state index contributed by atoms with van der Waals surface area (Å²) < 4.78 is 11.4. The molecule has 23 heavy (non-hydrogen) atoms. The Morgan fingerprint density at radius 3 is 1.96 bits per heavy atom. The van der Waals surface area contributed by atoms with E-state index in [0.717, 1.165) is 25.7 Å². The number of nitrogens with zero attached hydrogens (tertiary/aromatic N) is 1. The quantitative estimate of drug-likeness (QED) is 0.833. The molecule has 1 amide bonds. The van der Waals surface area contributed by atoms with Gasteiger partial charge >= 0.3 is 5.97 Å². The van der Waals surface area contributed by atoms with Crippen molar-refractivity contribution in [1.29, 1.82) is 0 Å². The summed E-state index contributed by atoms with van der Waals surface area (Å²) in [7, 11) is 0. The van der Waals surface area contributed by atoms with Crippen molar-refractivity contribution in [3.63, 3.8) is 0 Å². The van der Waals surface area contributed by atoms with E-state index in [9.17, 15) is 14.7 Å². The van der Waals surface area contributed by atoms with Gasteiger partial charge in [0.25, 0.3) is 0 Å². The molecular weight excluding hydrogens is 298 g/mol. The lowest BCUT2D eigenvalue weighted by Crippen LogP contribution is -2.55. The van der Waals surface area contributed by atoms with Gasteiger partial charge in [0, 0.05) is 25.9 Å². The standard InChI is InChI=1S/C17H25NO5/c19-15(18-7-5-17(6-8-18)22-9-10-23-17)13-11-1-3-12(4-2-11)14(13)16(20)21/h11-14H,1-10H2,(H,20,21)/t11?,12?,13-,14-/m0/s1. The van der Waals surface area contributed by atoms with Gasteiger partial charge in [-0.2, -0.15) is 0 Å². The minimum Gasteiger partial charge on any atom is -0.481 e. The molecular formula is C17H25NO5. The molecule has 2 heterocycles. The second kappa shape index (κ2) is 5.74. The molecule has 0 aromatic carbocycles. The Hall–Kier alpha value is -1.14. The molecule has 2 saturated heterocycles. The van der Waals surface area contributed by atoms with Gasteiger partial charge in [0.1, 0.15) is 0 Å². The van der Waals surface area contributed by atoms with Gasteiger partial charge in [0.15, 0.2) is 5.79 Å². The third-order valence-corrected chi connectivity index (χ3v) is 6.44. The number of piperidine rings is 1. The summed E-state index contributed by atoms with van der Waals surface area (Å²) in [6.45, 7) is 2.47. The van der Waals surface area contributed by atoms with Gasteiger partial charge in [0.05, 0.1) is 25.0 Å². The molecule has 6 heteroatoms. The van der Waals surface area contributed by atoms with Crippen molar-refractivity contribution in [2.75, 3.05) is 26.3 Å². The molecule has 3 saturated carbocycles. The lowest BCUT2D eigenvalue weighted by atomic mass is 9.58. The van der Waals surface area contributed by atoms with Crippen LogP contribution in [-0.2, 0) is 19.1 Å². The molecule has 0 radical (unpaired) electrons. The van der Waals surface area contributed by atoms with Crippen LogP contribution in [0, 0.1) is 23.7 Å². The Kier molecular flexibility index (Phi) is 3.84. The van der Waals surface area contributed by atoms with Crippen LogP contribution in [0.4, 0.5) is 0 Å². The van der Waals surface area contributed by atoms with Gasteiger partial charge in [0.2, 0.25) is 5.91 Å². The fraction of sp³-hybridized carbons (Fsp3) is 0.882. The van der Waals surface area contributed by atoms with Gasteiger partial charge in [-0.05, 0) is 37.5 Å². The second-order valence-electron chi connectivity index (χ2n) is 7.50. The molecule has 2 atom stereocenters.